The average molecular weight is 258 g/mol. The molecule has 0 aromatic heterocycles. The number of aryl methyl sites for hydroxylation is 2. The van der Waals surface area contributed by atoms with Crippen LogP contribution in [0.25, 0.3) is 0 Å². The summed E-state index contributed by atoms with van der Waals surface area (Å²) in [4.78, 5) is 2.67. The maximum absolute atomic E-state index is 3.77. The zero-order chi connectivity index (χ0) is 13.4. The van der Waals surface area contributed by atoms with Crippen LogP contribution >= 0.6 is 0 Å². The van der Waals surface area contributed by atoms with Crippen molar-refractivity contribution < 1.29 is 0 Å². The Morgan fingerprint density at radius 1 is 1.26 bits per heavy atom. The van der Waals surface area contributed by atoms with Crippen LogP contribution in [-0.2, 0) is 0 Å². The van der Waals surface area contributed by atoms with Gasteiger partial charge in [-0.3, -0.25) is 0 Å². The van der Waals surface area contributed by atoms with Crippen LogP contribution in [0.15, 0.2) is 18.2 Å². The molecule has 0 spiro atoms. The molecule has 0 radical (unpaired) electrons. The molecule has 1 aliphatic carbocycles. The molecule has 1 saturated heterocycles. The van der Waals surface area contributed by atoms with Gasteiger partial charge in [-0.05, 0) is 56.2 Å². The molecule has 1 saturated carbocycles. The zero-order valence-corrected chi connectivity index (χ0v) is 12.4. The minimum atomic E-state index is 0.649. The van der Waals surface area contributed by atoms with E-state index in [4.69, 9.17) is 0 Å². The molecular weight excluding hydrogens is 232 g/mol. The van der Waals surface area contributed by atoms with E-state index in [1.165, 1.54) is 42.6 Å². The second kappa shape index (κ2) is 5.16. The van der Waals surface area contributed by atoms with Crippen molar-refractivity contribution in [1.29, 1.82) is 0 Å². The van der Waals surface area contributed by atoms with Crippen molar-refractivity contribution in [1.82, 2.24) is 5.32 Å². The molecule has 2 unspecified atom stereocenters. The summed E-state index contributed by atoms with van der Waals surface area (Å²) in [6, 6.07) is 8.22. The Kier molecular flexibility index (Phi) is 3.53. The topological polar surface area (TPSA) is 15.3 Å². The summed E-state index contributed by atoms with van der Waals surface area (Å²) in [6.45, 7) is 9.08. The van der Waals surface area contributed by atoms with Crippen LogP contribution in [0.5, 0.6) is 0 Å². The summed E-state index contributed by atoms with van der Waals surface area (Å²) in [5.74, 6) is 0.936. The van der Waals surface area contributed by atoms with Gasteiger partial charge in [0.2, 0.25) is 0 Å². The van der Waals surface area contributed by atoms with Crippen molar-refractivity contribution in [3.8, 4) is 0 Å². The quantitative estimate of drug-likeness (QED) is 0.895. The predicted molar refractivity (Wildman–Crippen MR) is 81.9 cm³/mol. The third kappa shape index (κ3) is 2.64. The molecule has 1 aromatic rings. The highest BCUT2D eigenvalue weighted by Crippen LogP contribution is 2.36. The number of hydrogen-bond donors (Lipinski definition) is 1. The molecule has 1 N–H and O–H groups in total. The van der Waals surface area contributed by atoms with Crippen LogP contribution in [0, 0.1) is 19.8 Å². The third-order valence-corrected chi connectivity index (χ3v) is 4.79. The molecule has 19 heavy (non-hydrogen) atoms. The van der Waals surface area contributed by atoms with E-state index in [-0.39, 0.29) is 0 Å². The van der Waals surface area contributed by atoms with Crippen LogP contribution in [0.2, 0.25) is 0 Å². The minimum Gasteiger partial charge on any atom is -0.365 e. The van der Waals surface area contributed by atoms with Crippen LogP contribution in [-0.4, -0.2) is 25.2 Å². The molecular formula is C17H26N2. The first-order valence-electron chi connectivity index (χ1n) is 7.76. The summed E-state index contributed by atoms with van der Waals surface area (Å²) in [5, 5.41) is 3.77. The van der Waals surface area contributed by atoms with Crippen molar-refractivity contribution >= 4 is 5.69 Å². The normalized spacial score (nSPS) is 27.6. The number of nitrogens with one attached hydrogen (secondary N) is 1. The fraction of sp³-hybridized carbons (Fsp3) is 0.647. The largest absolute Gasteiger partial charge is 0.365 e. The minimum absolute atomic E-state index is 0.649. The van der Waals surface area contributed by atoms with E-state index in [9.17, 15) is 0 Å². The maximum atomic E-state index is 3.77. The molecule has 2 atom stereocenters. The molecule has 2 heteroatoms. The van der Waals surface area contributed by atoms with Gasteiger partial charge in [0.15, 0.2) is 0 Å². The van der Waals surface area contributed by atoms with E-state index >= 15 is 0 Å². The van der Waals surface area contributed by atoms with Crippen LogP contribution < -0.4 is 10.2 Å². The molecule has 0 amide bonds. The molecule has 2 fully saturated rings. The van der Waals surface area contributed by atoms with Crippen molar-refractivity contribution in [3.63, 3.8) is 0 Å². The van der Waals surface area contributed by atoms with Gasteiger partial charge in [-0.25, -0.2) is 0 Å². The Morgan fingerprint density at radius 2 is 2.05 bits per heavy atom. The van der Waals surface area contributed by atoms with E-state index in [1.807, 2.05) is 0 Å². The lowest BCUT2D eigenvalue weighted by atomic mass is 10.0. The highest BCUT2D eigenvalue weighted by molar-refractivity contribution is 5.56. The Morgan fingerprint density at radius 3 is 2.74 bits per heavy atom. The fourth-order valence-electron chi connectivity index (χ4n) is 3.33. The van der Waals surface area contributed by atoms with E-state index in [0.717, 1.165) is 12.5 Å². The van der Waals surface area contributed by atoms with Gasteiger partial charge < -0.3 is 10.2 Å². The van der Waals surface area contributed by atoms with Crippen molar-refractivity contribution in [3.05, 3.63) is 29.3 Å². The average Bonchev–Trinajstić information content (AvgIpc) is 3.25. The molecule has 3 rings (SSSR count). The molecule has 0 bridgehead atoms. The van der Waals surface area contributed by atoms with Crippen LogP contribution in [0.1, 0.15) is 37.3 Å². The van der Waals surface area contributed by atoms with Crippen molar-refractivity contribution in [2.45, 2.75) is 52.1 Å². The van der Waals surface area contributed by atoms with Crippen LogP contribution in [0.4, 0.5) is 5.69 Å². The van der Waals surface area contributed by atoms with E-state index in [1.54, 1.807) is 0 Å². The Bertz CT molecular complexity index is 451. The second-order valence-electron chi connectivity index (χ2n) is 6.36. The summed E-state index contributed by atoms with van der Waals surface area (Å²) >= 11 is 0. The van der Waals surface area contributed by atoms with Gasteiger partial charge in [0.25, 0.3) is 0 Å². The molecule has 2 aliphatic rings. The molecule has 1 aliphatic heterocycles. The lowest BCUT2D eigenvalue weighted by Crippen LogP contribution is -2.57. The van der Waals surface area contributed by atoms with Crippen molar-refractivity contribution in [2.24, 2.45) is 5.92 Å². The fourth-order valence-corrected chi connectivity index (χ4v) is 3.33. The summed E-state index contributed by atoms with van der Waals surface area (Å²) < 4.78 is 0. The molecule has 2 nitrogen and oxygen atoms in total. The predicted octanol–water partition coefficient (Wildman–Crippen LogP) is 3.27. The summed E-state index contributed by atoms with van der Waals surface area (Å²) in [6.07, 6.45) is 4.07. The number of piperazine rings is 1. The molecule has 1 aromatic carbocycles. The van der Waals surface area contributed by atoms with Crippen molar-refractivity contribution in [2.75, 3.05) is 18.0 Å². The van der Waals surface area contributed by atoms with Gasteiger partial charge >= 0.3 is 0 Å². The Labute approximate surface area is 117 Å². The van der Waals surface area contributed by atoms with E-state index < -0.39 is 0 Å². The highest BCUT2D eigenvalue weighted by Gasteiger charge is 2.37. The first-order chi connectivity index (χ1) is 9.19. The number of rotatable bonds is 3. The molecule has 104 valence electrons. The number of benzene rings is 1. The number of anilines is 1. The van der Waals surface area contributed by atoms with Gasteiger partial charge in [-0.2, -0.15) is 0 Å². The summed E-state index contributed by atoms with van der Waals surface area (Å²) in [5.41, 5.74) is 4.25. The van der Waals surface area contributed by atoms with Gasteiger partial charge in [0, 0.05) is 30.9 Å². The Balaban J connectivity index is 1.87. The number of hydrogen-bond acceptors (Lipinski definition) is 2. The van der Waals surface area contributed by atoms with E-state index in [2.05, 4.69) is 49.2 Å². The monoisotopic (exact) mass is 258 g/mol. The smallest absolute Gasteiger partial charge is 0.0412 e. The van der Waals surface area contributed by atoms with Gasteiger partial charge in [-0.15, -0.1) is 0 Å². The van der Waals surface area contributed by atoms with Gasteiger partial charge in [0.05, 0.1) is 0 Å². The standard InChI is InChI=1S/C17H26N2/c1-4-15-10-18-16(14-7-8-14)11-19(15)17-9-12(2)5-6-13(17)3/h5-6,9,14-16,18H,4,7-8,10-11H2,1-3H3. The van der Waals surface area contributed by atoms with Crippen LogP contribution in [0.3, 0.4) is 0 Å². The first-order valence-corrected chi connectivity index (χ1v) is 7.76. The van der Waals surface area contributed by atoms with Gasteiger partial charge in [0.1, 0.15) is 0 Å². The Hall–Kier alpha value is -1.02. The highest BCUT2D eigenvalue weighted by atomic mass is 15.2. The molecule has 1 heterocycles. The SMILES string of the molecule is CCC1CNC(C2CC2)CN1c1cc(C)ccc1C. The van der Waals surface area contributed by atoms with E-state index in [0.29, 0.717) is 12.1 Å². The lowest BCUT2D eigenvalue weighted by molar-refractivity contribution is 0.359. The summed E-state index contributed by atoms with van der Waals surface area (Å²) in [7, 11) is 0. The lowest BCUT2D eigenvalue weighted by Gasteiger charge is -2.42. The zero-order valence-electron chi connectivity index (χ0n) is 12.4. The number of nitrogens with zero attached hydrogens (tertiary/aromatic N) is 1. The van der Waals surface area contributed by atoms with Gasteiger partial charge in [-0.1, -0.05) is 19.1 Å². The third-order valence-electron chi connectivity index (χ3n) is 4.79. The first kappa shape index (κ1) is 13.0. The second-order valence-corrected chi connectivity index (χ2v) is 6.36. The maximum Gasteiger partial charge on any atom is 0.0412 e.